The minimum absolute atomic E-state index is 0.00418. The summed E-state index contributed by atoms with van der Waals surface area (Å²) in [5.41, 5.74) is 2.03. The van der Waals surface area contributed by atoms with E-state index < -0.39 is 5.82 Å². The second-order valence-corrected chi connectivity index (χ2v) is 11.8. The number of carbonyl (C=O) groups is 2. The zero-order valence-electron chi connectivity index (χ0n) is 20.4. The van der Waals surface area contributed by atoms with Gasteiger partial charge in [-0.2, -0.15) is 5.10 Å². The molecule has 0 atom stereocenters. The molecule has 2 aromatic carbocycles. The summed E-state index contributed by atoms with van der Waals surface area (Å²) in [4.78, 5) is 33.2. The fourth-order valence-corrected chi connectivity index (χ4v) is 5.97. The highest BCUT2D eigenvalue weighted by Crippen LogP contribution is 2.27. The van der Waals surface area contributed by atoms with E-state index in [4.69, 9.17) is 28.6 Å². The molecule has 0 saturated carbocycles. The van der Waals surface area contributed by atoms with E-state index in [1.165, 1.54) is 46.2 Å². The lowest BCUT2D eigenvalue weighted by Gasteiger charge is -2.10. The molecule has 0 aliphatic carbocycles. The van der Waals surface area contributed by atoms with E-state index in [9.17, 15) is 14.0 Å². The fraction of sp³-hybridized carbons (Fsp3) is 0.280. The lowest BCUT2D eigenvalue weighted by molar-refractivity contribution is -0.146. The van der Waals surface area contributed by atoms with Gasteiger partial charge in [-0.15, -0.1) is 0 Å². The number of ketones is 1. The van der Waals surface area contributed by atoms with Crippen LogP contribution in [0, 0.1) is 9.77 Å². The molecule has 8 nitrogen and oxygen atoms in total. The Bertz CT molecular complexity index is 1540. The van der Waals surface area contributed by atoms with Crippen molar-refractivity contribution < 1.29 is 18.7 Å². The zero-order chi connectivity index (χ0) is 27.2. The third-order valence-electron chi connectivity index (χ3n) is 5.10. The SMILES string of the molecule is CC(C)OC(=O)CCSc1nn(CC(=O)Cc2ccc3ncnc(Nc4ccc(F)c(Cl)c4)c3c2)c(=S)s1. The van der Waals surface area contributed by atoms with Gasteiger partial charge in [0.15, 0.2) is 14.1 Å². The van der Waals surface area contributed by atoms with E-state index in [-0.39, 0.29) is 42.3 Å². The van der Waals surface area contributed by atoms with E-state index >= 15 is 0 Å². The molecule has 0 aliphatic rings. The Kier molecular flexibility index (Phi) is 9.42. The number of aromatic nitrogens is 4. The van der Waals surface area contributed by atoms with Crippen molar-refractivity contribution in [2.45, 2.75) is 43.7 Å². The molecular weight excluding hydrogens is 569 g/mol. The molecule has 13 heteroatoms. The molecule has 1 N–H and O–H groups in total. The molecule has 2 aromatic heterocycles. The number of nitrogens with zero attached hydrogens (tertiary/aromatic N) is 4. The van der Waals surface area contributed by atoms with Gasteiger partial charge in [-0.05, 0) is 62.0 Å². The molecule has 0 saturated heterocycles. The maximum Gasteiger partial charge on any atom is 0.306 e. The number of rotatable bonds is 11. The maximum atomic E-state index is 13.5. The molecule has 0 bridgehead atoms. The number of nitrogens with one attached hydrogen (secondary N) is 1. The first-order chi connectivity index (χ1) is 18.2. The molecule has 0 aliphatic heterocycles. The highest BCUT2D eigenvalue weighted by Gasteiger charge is 2.13. The number of Topliss-reactive ketones (excluding diaryl/α,β-unsaturated/α-hetero) is 1. The van der Waals surface area contributed by atoms with Crippen LogP contribution in [0.25, 0.3) is 10.9 Å². The highest BCUT2D eigenvalue weighted by atomic mass is 35.5. The summed E-state index contributed by atoms with van der Waals surface area (Å²) >= 11 is 14.0. The molecule has 198 valence electrons. The van der Waals surface area contributed by atoms with Gasteiger partial charge in [-0.1, -0.05) is 40.8 Å². The van der Waals surface area contributed by atoms with Crippen LogP contribution in [0.2, 0.25) is 5.02 Å². The minimum Gasteiger partial charge on any atom is -0.463 e. The average molecular weight is 592 g/mol. The summed E-state index contributed by atoms with van der Waals surface area (Å²) in [6, 6.07) is 9.80. The van der Waals surface area contributed by atoms with Crippen LogP contribution in [0.1, 0.15) is 25.8 Å². The molecule has 4 aromatic rings. The van der Waals surface area contributed by atoms with Gasteiger partial charge in [-0.25, -0.2) is 19.0 Å². The molecule has 4 rings (SSSR count). The van der Waals surface area contributed by atoms with Gasteiger partial charge < -0.3 is 10.1 Å². The maximum absolute atomic E-state index is 13.5. The van der Waals surface area contributed by atoms with Crippen LogP contribution in [0.5, 0.6) is 0 Å². The van der Waals surface area contributed by atoms with Crippen LogP contribution in [0.4, 0.5) is 15.9 Å². The molecule has 0 spiro atoms. The second-order valence-electron chi connectivity index (χ2n) is 8.47. The van der Waals surface area contributed by atoms with Crippen molar-refractivity contribution in [3.8, 4) is 0 Å². The molecule has 0 radical (unpaired) electrons. The first-order valence-electron chi connectivity index (χ1n) is 11.6. The lowest BCUT2D eigenvalue weighted by Crippen LogP contribution is -2.14. The predicted molar refractivity (Wildman–Crippen MR) is 150 cm³/mol. The monoisotopic (exact) mass is 591 g/mol. The van der Waals surface area contributed by atoms with Crippen LogP contribution >= 0.6 is 46.9 Å². The molecular formula is C25H23ClFN5O3S3. The summed E-state index contributed by atoms with van der Waals surface area (Å²) in [7, 11) is 0. The van der Waals surface area contributed by atoms with Crippen molar-refractivity contribution in [1.29, 1.82) is 0 Å². The van der Waals surface area contributed by atoms with Crippen molar-refractivity contribution in [3.05, 3.63) is 63.1 Å². The number of thioether (sulfide) groups is 1. The van der Waals surface area contributed by atoms with Gasteiger partial charge in [0, 0.05) is 23.2 Å². The zero-order valence-corrected chi connectivity index (χ0v) is 23.6. The van der Waals surface area contributed by atoms with Gasteiger partial charge in [0.05, 0.1) is 23.1 Å². The summed E-state index contributed by atoms with van der Waals surface area (Å²) in [5, 5.41) is 8.26. The van der Waals surface area contributed by atoms with Crippen LogP contribution < -0.4 is 5.32 Å². The third-order valence-corrected chi connectivity index (χ3v) is 7.83. The fourth-order valence-electron chi connectivity index (χ4n) is 3.46. The van der Waals surface area contributed by atoms with Crippen LogP contribution in [-0.4, -0.2) is 43.4 Å². The Morgan fingerprint density at radius 1 is 1.24 bits per heavy atom. The number of hydrogen-bond acceptors (Lipinski definition) is 10. The standard InChI is InChI=1S/C25H23ClFN5O3S3/c1-14(2)35-22(34)7-8-37-24-31-32(25(36)38-24)12-17(33)9-15-3-6-21-18(10-15)23(29-13-28-21)30-16-4-5-20(27)19(26)11-16/h3-6,10-11,13-14H,7-9,12H2,1-2H3,(H,28,29,30). The Labute approximate surface area is 236 Å². The van der Waals surface area contributed by atoms with E-state index in [0.29, 0.717) is 36.5 Å². The Balaban J connectivity index is 1.41. The quantitative estimate of drug-likeness (QED) is 0.121. The van der Waals surface area contributed by atoms with Crippen molar-refractivity contribution in [2.24, 2.45) is 0 Å². The van der Waals surface area contributed by atoms with E-state index in [2.05, 4.69) is 20.4 Å². The lowest BCUT2D eigenvalue weighted by atomic mass is 10.1. The number of esters is 1. The molecule has 0 unspecified atom stereocenters. The molecule has 38 heavy (non-hydrogen) atoms. The highest BCUT2D eigenvalue weighted by molar-refractivity contribution is 8.01. The smallest absolute Gasteiger partial charge is 0.306 e. The number of benzene rings is 2. The summed E-state index contributed by atoms with van der Waals surface area (Å²) in [5.74, 6) is 0.183. The van der Waals surface area contributed by atoms with Gasteiger partial charge in [0.2, 0.25) is 0 Å². The van der Waals surface area contributed by atoms with Gasteiger partial charge in [0.25, 0.3) is 0 Å². The first-order valence-corrected chi connectivity index (χ1v) is 14.1. The average Bonchev–Trinajstić information content (AvgIpc) is 3.19. The van der Waals surface area contributed by atoms with Gasteiger partial charge in [0.1, 0.15) is 24.5 Å². The first kappa shape index (κ1) is 28.1. The van der Waals surface area contributed by atoms with E-state index in [1.807, 2.05) is 18.2 Å². The number of halogens is 2. The molecule has 0 fully saturated rings. The van der Waals surface area contributed by atoms with Crippen LogP contribution in [0.3, 0.4) is 0 Å². The Hall–Kier alpha value is -2.93. The Morgan fingerprint density at radius 2 is 2.05 bits per heavy atom. The largest absolute Gasteiger partial charge is 0.463 e. The van der Waals surface area contributed by atoms with E-state index in [1.54, 1.807) is 19.9 Å². The number of hydrogen-bond donors (Lipinski definition) is 1. The van der Waals surface area contributed by atoms with Crippen molar-refractivity contribution in [3.63, 3.8) is 0 Å². The molecule has 0 amide bonds. The van der Waals surface area contributed by atoms with Crippen LogP contribution in [-0.2, 0) is 27.3 Å². The number of carbonyl (C=O) groups excluding carboxylic acids is 2. The Morgan fingerprint density at radius 3 is 2.82 bits per heavy atom. The summed E-state index contributed by atoms with van der Waals surface area (Å²) in [6.45, 7) is 3.65. The van der Waals surface area contributed by atoms with Gasteiger partial charge >= 0.3 is 5.97 Å². The predicted octanol–water partition coefficient (Wildman–Crippen LogP) is 6.40. The van der Waals surface area contributed by atoms with E-state index in [0.717, 1.165) is 5.56 Å². The third kappa shape index (κ3) is 7.56. The van der Waals surface area contributed by atoms with Crippen LogP contribution in [0.15, 0.2) is 47.1 Å². The topological polar surface area (TPSA) is 99.0 Å². The molecule has 2 heterocycles. The van der Waals surface area contributed by atoms with Crippen molar-refractivity contribution in [2.75, 3.05) is 11.1 Å². The van der Waals surface area contributed by atoms with Gasteiger partial charge in [-0.3, -0.25) is 9.59 Å². The number of ether oxygens (including phenoxy) is 1. The second kappa shape index (κ2) is 12.7. The summed E-state index contributed by atoms with van der Waals surface area (Å²) < 4.78 is 21.3. The number of fused-ring (bicyclic) bond motifs is 1. The summed E-state index contributed by atoms with van der Waals surface area (Å²) in [6.07, 6.45) is 1.71. The minimum atomic E-state index is -0.511. The van der Waals surface area contributed by atoms with Crippen molar-refractivity contribution >= 4 is 81.1 Å². The number of anilines is 2. The normalized spacial score (nSPS) is 11.2. The van der Waals surface area contributed by atoms with Crippen molar-refractivity contribution in [1.82, 2.24) is 19.7 Å².